The Balaban J connectivity index is 2.29. The second-order valence-corrected chi connectivity index (χ2v) is 5.01. The minimum absolute atomic E-state index is 0.326. The number of fused-ring (bicyclic) bond motifs is 1. The molecular formula is C17H16N2O2. The first-order valence-corrected chi connectivity index (χ1v) is 6.75. The van der Waals surface area contributed by atoms with Gasteiger partial charge < -0.3 is 9.72 Å². The Morgan fingerprint density at radius 2 is 1.90 bits per heavy atom. The fraction of sp³-hybridized carbons (Fsp3) is 0.176. The van der Waals surface area contributed by atoms with Gasteiger partial charge in [0.25, 0.3) is 0 Å². The number of hydrogen-bond acceptors (Lipinski definition) is 3. The van der Waals surface area contributed by atoms with Crippen molar-refractivity contribution in [3.8, 4) is 11.3 Å². The van der Waals surface area contributed by atoms with Crippen LogP contribution in [-0.2, 0) is 4.74 Å². The number of esters is 1. The number of hydrogen-bond donors (Lipinski definition) is 1. The van der Waals surface area contributed by atoms with Crippen LogP contribution in [0.3, 0.4) is 0 Å². The van der Waals surface area contributed by atoms with E-state index in [0.29, 0.717) is 5.56 Å². The predicted octanol–water partition coefficient (Wildman–Crippen LogP) is 3.63. The van der Waals surface area contributed by atoms with Gasteiger partial charge in [-0.1, -0.05) is 24.3 Å². The molecule has 0 bridgehead atoms. The number of ether oxygens (including phenoxy) is 1. The molecule has 0 saturated carbocycles. The molecule has 0 spiro atoms. The Bertz CT molecular complexity index is 834. The highest BCUT2D eigenvalue weighted by molar-refractivity contribution is 6.08. The van der Waals surface area contributed by atoms with Crippen molar-refractivity contribution in [2.24, 2.45) is 0 Å². The summed E-state index contributed by atoms with van der Waals surface area (Å²) < 4.78 is 4.87. The Labute approximate surface area is 122 Å². The molecule has 4 heteroatoms. The molecule has 3 aromatic rings. The fourth-order valence-electron chi connectivity index (χ4n) is 2.62. The molecular weight excluding hydrogens is 264 g/mol. The predicted molar refractivity (Wildman–Crippen MR) is 82.3 cm³/mol. The third-order valence-corrected chi connectivity index (χ3v) is 3.58. The molecule has 4 nitrogen and oxygen atoms in total. The SMILES string of the molecule is COC(=O)c1c(C)[nH]c2c(-c3cccc(C)n3)cccc12. The molecule has 1 N–H and O–H groups in total. The van der Waals surface area contributed by atoms with E-state index in [-0.39, 0.29) is 5.97 Å². The molecule has 2 aromatic heterocycles. The number of aryl methyl sites for hydroxylation is 2. The Hall–Kier alpha value is -2.62. The maximum atomic E-state index is 12.0. The lowest BCUT2D eigenvalue weighted by atomic mass is 10.0. The number of benzene rings is 1. The highest BCUT2D eigenvalue weighted by atomic mass is 16.5. The number of nitrogens with one attached hydrogen (secondary N) is 1. The molecule has 3 rings (SSSR count). The summed E-state index contributed by atoms with van der Waals surface area (Å²) in [6, 6.07) is 11.8. The van der Waals surface area contributed by atoms with E-state index < -0.39 is 0 Å². The maximum Gasteiger partial charge on any atom is 0.340 e. The van der Waals surface area contributed by atoms with Gasteiger partial charge in [0.15, 0.2) is 0 Å². The number of carbonyl (C=O) groups is 1. The lowest BCUT2D eigenvalue weighted by molar-refractivity contribution is 0.0602. The highest BCUT2D eigenvalue weighted by Gasteiger charge is 2.18. The lowest BCUT2D eigenvalue weighted by Crippen LogP contribution is -2.01. The van der Waals surface area contributed by atoms with E-state index in [1.54, 1.807) is 0 Å². The normalized spacial score (nSPS) is 10.8. The van der Waals surface area contributed by atoms with Crippen molar-refractivity contribution in [3.05, 3.63) is 53.3 Å². The van der Waals surface area contributed by atoms with E-state index >= 15 is 0 Å². The first kappa shape index (κ1) is 13.4. The van der Waals surface area contributed by atoms with E-state index in [1.165, 1.54) is 7.11 Å². The molecule has 106 valence electrons. The summed E-state index contributed by atoms with van der Waals surface area (Å²) in [6.45, 7) is 3.84. The van der Waals surface area contributed by atoms with Gasteiger partial charge >= 0.3 is 5.97 Å². The molecule has 2 heterocycles. The zero-order valence-electron chi connectivity index (χ0n) is 12.2. The topological polar surface area (TPSA) is 55.0 Å². The number of pyridine rings is 1. The molecule has 21 heavy (non-hydrogen) atoms. The van der Waals surface area contributed by atoms with Gasteiger partial charge in [-0.05, 0) is 26.0 Å². The first-order chi connectivity index (χ1) is 10.1. The van der Waals surface area contributed by atoms with Crippen LogP contribution in [0.25, 0.3) is 22.2 Å². The summed E-state index contributed by atoms with van der Waals surface area (Å²) in [5.41, 5.74) is 5.13. The molecule has 0 fully saturated rings. The number of aromatic nitrogens is 2. The van der Waals surface area contributed by atoms with Gasteiger partial charge in [0.05, 0.1) is 23.9 Å². The third kappa shape index (κ3) is 2.18. The summed E-state index contributed by atoms with van der Waals surface area (Å²) in [5, 5.41) is 0.861. The van der Waals surface area contributed by atoms with E-state index in [0.717, 1.165) is 33.5 Å². The van der Waals surface area contributed by atoms with Crippen molar-refractivity contribution in [1.29, 1.82) is 0 Å². The van der Waals surface area contributed by atoms with E-state index in [2.05, 4.69) is 9.97 Å². The fourth-order valence-corrected chi connectivity index (χ4v) is 2.62. The van der Waals surface area contributed by atoms with Crippen LogP contribution in [0.5, 0.6) is 0 Å². The highest BCUT2D eigenvalue weighted by Crippen LogP contribution is 2.31. The molecule has 0 aliphatic heterocycles. The number of carbonyl (C=O) groups excluding carboxylic acids is 1. The molecule has 0 aliphatic rings. The number of methoxy groups -OCH3 is 1. The maximum absolute atomic E-state index is 12.0. The van der Waals surface area contributed by atoms with Gasteiger partial charge in [-0.3, -0.25) is 4.98 Å². The van der Waals surface area contributed by atoms with Crippen molar-refractivity contribution < 1.29 is 9.53 Å². The van der Waals surface area contributed by atoms with Crippen LogP contribution in [-0.4, -0.2) is 23.0 Å². The van der Waals surface area contributed by atoms with Gasteiger partial charge in [-0.2, -0.15) is 0 Å². The van der Waals surface area contributed by atoms with Crippen LogP contribution in [0.2, 0.25) is 0 Å². The van der Waals surface area contributed by atoms with Crippen molar-refractivity contribution in [2.75, 3.05) is 7.11 Å². The summed E-state index contributed by atoms with van der Waals surface area (Å²) >= 11 is 0. The number of H-pyrrole nitrogens is 1. The summed E-state index contributed by atoms with van der Waals surface area (Å²) in [6.07, 6.45) is 0. The van der Waals surface area contributed by atoms with Crippen molar-refractivity contribution in [2.45, 2.75) is 13.8 Å². The van der Waals surface area contributed by atoms with Gasteiger partial charge in [-0.25, -0.2) is 4.79 Å². The van der Waals surface area contributed by atoms with Gasteiger partial charge in [0.2, 0.25) is 0 Å². The average Bonchev–Trinajstić information content (AvgIpc) is 2.82. The third-order valence-electron chi connectivity index (χ3n) is 3.58. The Morgan fingerprint density at radius 3 is 2.62 bits per heavy atom. The van der Waals surface area contributed by atoms with E-state index in [9.17, 15) is 4.79 Å². The standard InChI is InChI=1S/C17H16N2O2/c1-10-6-4-9-14(18-10)12-7-5-8-13-15(17(20)21-3)11(2)19-16(12)13/h4-9,19H,1-3H3. The van der Waals surface area contributed by atoms with E-state index in [4.69, 9.17) is 4.74 Å². The molecule has 1 aromatic carbocycles. The number of nitrogens with zero attached hydrogens (tertiary/aromatic N) is 1. The minimum atomic E-state index is -0.326. The van der Waals surface area contributed by atoms with Crippen molar-refractivity contribution in [1.82, 2.24) is 9.97 Å². The monoisotopic (exact) mass is 280 g/mol. The molecule has 0 unspecified atom stereocenters. The smallest absolute Gasteiger partial charge is 0.340 e. The van der Waals surface area contributed by atoms with Gasteiger partial charge in [0, 0.05) is 22.3 Å². The molecule has 0 atom stereocenters. The first-order valence-electron chi connectivity index (χ1n) is 6.75. The van der Waals surface area contributed by atoms with E-state index in [1.807, 2.05) is 50.2 Å². The quantitative estimate of drug-likeness (QED) is 0.729. The molecule has 0 radical (unpaired) electrons. The van der Waals surface area contributed by atoms with Crippen LogP contribution < -0.4 is 0 Å². The van der Waals surface area contributed by atoms with Crippen molar-refractivity contribution >= 4 is 16.9 Å². The minimum Gasteiger partial charge on any atom is -0.465 e. The summed E-state index contributed by atoms with van der Waals surface area (Å²) in [4.78, 5) is 19.8. The van der Waals surface area contributed by atoms with Crippen molar-refractivity contribution in [3.63, 3.8) is 0 Å². The van der Waals surface area contributed by atoms with Crippen LogP contribution in [0.15, 0.2) is 36.4 Å². The van der Waals surface area contributed by atoms with Crippen LogP contribution in [0.1, 0.15) is 21.7 Å². The Kier molecular flexibility index (Phi) is 3.22. The molecule has 0 saturated heterocycles. The second-order valence-electron chi connectivity index (χ2n) is 5.01. The second kappa shape index (κ2) is 5.05. The average molecular weight is 280 g/mol. The van der Waals surface area contributed by atoms with Crippen LogP contribution >= 0.6 is 0 Å². The van der Waals surface area contributed by atoms with Gasteiger partial charge in [-0.15, -0.1) is 0 Å². The number of rotatable bonds is 2. The van der Waals surface area contributed by atoms with Gasteiger partial charge in [0.1, 0.15) is 0 Å². The van der Waals surface area contributed by atoms with Crippen LogP contribution in [0.4, 0.5) is 0 Å². The molecule has 0 aliphatic carbocycles. The number of aromatic amines is 1. The zero-order chi connectivity index (χ0) is 15.0. The number of para-hydroxylation sites is 1. The Morgan fingerprint density at radius 1 is 1.14 bits per heavy atom. The lowest BCUT2D eigenvalue weighted by Gasteiger charge is -2.04. The summed E-state index contributed by atoms with van der Waals surface area (Å²) in [5.74, 6) is -0.326. The summed E-state index contributed by atoms with van der Waals surface area (Å²) in [7, 11) is 1.40. The largest absolute Gasteiger partial charge is 0.465 e. The van der Waals surface area contributed by atoms with Crippen LogP contribution in [0, 0.1) is 13.8 Å². The zero-order valence-corrected chi connectivity index (χ0v) is 12.2. The molecule has 0 amide bonds.